The first-order valence-electron chi connectivity index (χ1n) is 11.8. The number of ether oxygens (including phenoxy) is 1. The molecule has 4 aromatic rings. The lowest BCUT2D eigenvalue weighted by Gasteiger charge is -2.15. The van der Waals surface area contributed by atoms with Gasteiger partial charge >= 0.3 is 12.4 Å². The Morgan fingerprint density at radius 1 is 0.895 bits per heavy atom. The van der Waals surface area contributed by atoms with Gasteiger partial charge in [0.1, 0.15) is 5.69 Å². The van der Waals surface area contributed by atoms with Crippen molar-refractivity contribution in [2.45, 2.75) is 39.2 Å². The average Bonchev–Trinajstić information content (AvgIpc) is 2.85. The summed E-state index contributed by atoms with van der Waals surface area (Å²) >= 11 is 0. The lowest BCUT2D eigenvalue weighted by molar-refractivity contribution is -0.138. The SMILES string of the molecule is CC(C)CCOCc1cc(Nc2ccc(C(F)(F)F)cc2)c2ccc(-c3ncccc3C(F)(F)F)nc2n1. The number of benzene rings is 1. The molecule has 1 N–H and O–H groups in total. The highest BCUT2D eigenvalue weighted by Gasteiger charge is 2.34. The van der Waals surface area contributed by atoms with Crippen molar-refractivity contribution >= 4 is 22.4 Å². The van der Waals surface area contributed by atoms with Gasteiger partial charge in [-0.1, -0.05) is 13.8 Å². The highest BCUT2D eigenvalue weighted by molar-refractivity contribution is 5.92. The first kappa shape index (κ1) is 27.3. The molecule has 0 atom stereocenters. The molecule has 0 fully saturated rings. The minimum absolute atomic E-state index is 0.0173. The van der Waals surface area contributed by atoms with E-state index in [1.807, 2.05) is 0 Å². The van der Waals surface area contributed by atoms with Crippen LogP contribution in [0, 0.1) is 5.92 Å². The largest absolute Gasteiger partial charge is 0.418 e. The van der Waals surface area contributed by atoms with Gasteiger partial charge in [-0.3, -0.25) is 4.98 Å². The predicted molar refractivity (Wildman–Crippen MR) is 132 cm³/mol. The number of hydrogen-bond acceptors (Lipinski definition) is 5. The summed E-state index contributed by atoms with van der Waals surface area (Å²) in [6.45, 7) is 4.72. The van der Waals surface area contributed by atoms with Crippen LogP contribution < -0.4 is 5.32 Å². The zero-order valence-electron chi connectivity index (χ0n) is 20.5. The van der Waals surface area contributed by atoms with Crippen LogP contribution in [0.15, 0.2) is 60.8 Å². The number of alkyl halides is 6. The smallest absolute Gasteiger partial charge is 0.375 e. The van der Waals surface area contributed by atoms with Gasteiger partial charge in [0.15, 0.2) is 5.65 Å². The number of nitrogens with zero attached hydrogens (tertiary/aromatic N) is 3. The van der Waals surface area contributed by atoms with Crippen LogP contribution in [0.1, 0.15) is 37.1 Å². The highest BCUT2D eigenvalue weighted by atomic mass is 19.4. The Morgan fingerprint density at radius 2 is 1.63 bits per heavy atom. The van der Waals surface area contributed by atoms with Crippen LogP contribution in [0.2, 0.25) is 0 Å². The van der Waals surface area contributed by atoms with Crippen molar-refractivity contribution in [2.75, 3.05) is 11.9 Å². The average molecular weight is 535 g/mol. The van der Waals surface area contributed by atoms with E-state index in [0.29, 0.717) is 35.0 Å². The molecule has 0 amide bonds. The molecule has 3 heterocycles. The van der Waals surface area contributed by atoms with Crippen molar-refractivity contribution in [3.05, 3.63) is 77.6 Å². The van der Waals surface area contributed by atoms with Crippen molar-refractivity contribution in [3.63, 3.8) is 0 Å². The van der Waals surface area contributed by atoms with Crippen LogP contribution in [0.3, 0.4) is 0 Å². The topological polar surface area (TPSA) is 59.9 Å². The maximum absolute atomic E-state index is 13.6. The molecule has 11 heteroatoms. The Labute approximate surface area is 214 Å². The second-order valence-electron chi connectivity index (χ2n) is 9.06. The van der Waals surface area contributed by atoms with Crippen LogP contribution in [0.5, 0.6) is 0 Å². The van der Waals surface area contributed by atoms with E-state index in [4.69, 9.17) is 4.74 Å². The number of halogens is 6. The van der Waals surface area contributed by atoms with Crippen molar-refractivity contribution in [1.29, 1.82) is 0 Å². The van der Waals surface area contributed by atoms with Crippen molar-refractivity contribution < 1.29 is 31.1 Å². The maximum atomic E-state index is 13.6. The highest BCUT2D eigenvalue weighted by Crippen LogP contribution is 2.36. The number of anilines is 2. The normalized spacial score (nSPS) is 12.3. The molecule has 4 rings (SSSR count). The van der Waals surface area contributed by atoms with Crippen LogP contribution in [-0.4, -0.2) is 21.6 Å². The number of hydrogen-bond donors (Lipinski definition) is 1. The summed E-state index contributed by atoms with van der Waals surface area (Å²) in [7, 11) is 0. The van der Waals surface area contributed by atoms with Crippen molar-refractivity contribution in [1.82, 2.24) is 15.0 Å². The van der Waals surface area contributed by atoms with Gasteiger partial charge in [0, 0.05) is 23.9 Å². The number of aromatic nitrogens is 3. The second kappa shape index (κ2) is 10.9. The summed E-state index contributed by atoms with van der Waals surface area (Å²) in [4.78, 5) is 12.7. The third kappa shape index (κ3) is 6.58. The van der Waals surface area contributed by atoms with Gasteiger partial charge in [0.2, 0.25) is 0 Å². The molecule has 0 saturated carbocycles. The molecule has 1 aromatic carbocycles. The van der Waals surface area contributed by atoms with E-state index in [0.717, 1.165) is 24.6 Å². The van der Waals surface area contributed by atoms with Crippen molar-refractivity contribution in [2.24, 2.45) is 5.92 Å². The monoisotopic (exact) mass is 534 g/mol. The molecule has 0 saturated heterocycles. The number of rotatable bonds is 8. The zero-order chi connectivity index (χ0) is 27.5. The number of fused-ring (bicyclic) bond motifs is 1. The van der Waals surface area contributed by atoms with Gasteiger partial charge in [-0.25, -0.2) is 9.97 Å². The summed E-state index contributed by atoms with van der Waals surface area (Å²) in [5.41, 5.74) is -0.625. The fourth-order valence-corrected chi connectivity index (χ4v) is 3.70. The predicted octanol–water partition coefficient (Wildman–Crippen LogP) is 8.04. The van der Waals surface area contributed by atoms with Crippen LogP contribution in [0.25, 0.3) is 22.4 Å². The van der Waals surface area contributed by atoms with Gasteiger partial charge < -0.3 is 10.1 Å². The van der Waals surface area contributed by atoms with Gasteiger partial charge in [0.25, 0.3) is 0 Å². The molecular formula is C27H24F6N4O. The maximum Gasteiger partial charge on any atom is 0.418 e. The molecule has 0 radical (unpaired) electrons. The molecule has 200 valence electrons. The lowest BCUT2D eigenvalue weighted by atomic mass is 10.1. The molecule has 3 aromatic heterocycles. The van der Waals surface area contributed by atoms with Gasteiger partial charge in [-0.15, -0.1) is 0 Å². The molecule has 0 bridgehead atoms. The second-order valence-corrected chi connectivity index (χ2v) is 9.06. The van der Waals surface area contributed by atoms with E-state index in [1.54, 1.807) is 12.1 Å². The molecule has 0 unspecified atom stereocenters. The van der Waals surface area contributed by atoms with E-state index in [2.05, 4.69) is 34.1 Å². The van der Waals surface area contributed by atoms with E-state index < -0.39 is 23.5 Å². The van der Waals surface area contributed by atoms with Crippen LogP contribution in [-0.2, 0) is 23.7 Å². The molecule has 0 aliphatic rings. The summed E-state index contributed by atoms with van der Waals surface area (Å²) in [5.74, 6) is 0.432. The van der Waals surface area contributed by atoms with Gasteiger partial charge in [0.05, 0.1) is 34.8 Å². The number of pyridine rings is 3. The van der Waals surface area contributed by atoms with Crippen molar-refractivity contribution in [3.8, 4) is 11.4 Å². The lowest BCUT2D eigenvalue weighted by Crippen LogP contribution is -2.09. The molecule has 0 spiro atoms. The molecule has 0 aliphatic carbocycles. The zero-order valence-corrected chi connectivity index (χ0v) is 20.5. The van der Waals surface area contributed by atoms with Crippen LogP contribution >= 0.6 is 0 Å². The first-order chi connectivity index (χ1) is 17.9. The fraction of sp³-hybridized carbons (Fsp3) is 0.296. The van der Waals surface area contributed by atoms with E-state index in [9.17, 15) is 26.3 Å². The van der Waals surface area contributed by atoms with E-state index in [-0.39, 0.29) is 23.6 Å². The molecule has 0 aliphatic heterocycles. The first-order valence-corrected chi connectivity index (χ1v) is 11.8. The summed E-state index contributed by atoms with van der Waals surface area (Å²) in [6.07, 6.45) is -7.02. The van der Waals surface area contributed by atoms with Gasteiger partial charge in [-0.2, -0.15) is 26.3 Å². The quantitative estimate of drug-likeness (QED) is 0.183. The summed E-state index contributed by atoms with van der Waals surface area (Å²) in [5, 5.41) is 3.53. The third-order valence-electron chi connectivity index (χ3n) is 5.66. The summed E-state index contributed by atoms with van der Waals surface area (Å²) < 4.78 is 85.3. The van der Waals surface area contributed by atoms with Crippen LogP contribution in [0.4, 0.5) is 37.7 Å². The van der Waals surface area contributed by atoms with Gasteiger partial charge in [-0.05, 0) is 66.9 Å². The molecule has 38 heavy (non-hydrogen) atoms. The minimum atomic E-state index is -4.63. The minimum Gasteiger partial charge on any atom is -0.375 e. The Morgan fingerprint density at radius 3 is 2.29 bits per heavy atom. The standard InChI is InChI=1S/C27H24F6N4O/c1-16(2)11-13-38-15-19-14-23(35-18-7-5-17(6-8-18)26(28,29)30)20-9-10-22(37-25(20)36-19)24-21(27(31,32)33)4-3-12-34-24/h3-10,12,14,16H,11,13,15H2,1-2H3,(H,35,36,37). The Hall–Kier alpha value is -3.73. The molecular weight excluding hydrogens is 510 g/mol. The Kier molecular flexibility index (Phi) is 7.86. The number of nitrogens with one attached hydrogen (secondary N) is 1. The van der Waals surface area contributed by atoms with E-state index in [1.165, 1.54) is 30.5 Å². The van der Waals surface area contributed by atoms with E-state index >= 15 is 0 Å². The Balaban J connectivity index is 1.74. The molecule has 5 nitrogen and oxygen atoms in total. The third-order valence-corrected chi connectivity index (χ3v) is 5.66. The Bertz CT molecular complexity index is 1400. The fourth-order valence-electron chi connectivity index (χ4n) is 3.70. The summed E-state index contributed by atoms with van der Waals surface area (Å²) in [6, 6.07) is 11.3.